The summed E-state index contributed by atoms with van der Waals surface area (Å²) in [6.07, 6.45) is 0. The normalized spacial score (nSPS) is 27.8. The van der Waals surface area contributed by atoms with Gasteiger partial charge in [-0.25, -0.2) is 0 Å². The molecule has 0 saturated carbocycles. The van der Waals surface area contributed by atoms with E-state index in [9.17, 15) is 0 Å². The summed E-state index contributed by atoms with van der Waals surface area (Å²) in [5.74, 6) is 0.838. The minimum Gasteiger partial charge on any atom is -0.395 e. The van der Waals surface area contributed by atoms with Gasteiger partial charge in [0.05, 0.1) is 6.61 Å². The molecule has 2 rings (SSSR count). The molecule has 1 heterocycles. The van der Waals surface area contributed by atoms with Crippen LogP contribution < -0.4 is 5.32 Å². The molecule has 4 heteroatoms. The molecule has 1 saturated heterocycles. The summed E-state index contributed by atoms with van der Waals surface area (Å²) in [5.41, 5.74) is 1.40. The van der Waals surface area contributed by atoms with Crippen LogP contribution in [0.1, 0.15) is 19.4 Å². The van der Waals surface area contributed by atoms with E-state index in [0.29, 0.717) is 0 Å². The maximum Gasteiger partial charge on any atom is 0.109 e. The quantitative estimate of drug-likeness (QED) is 0.567. The van der Waals surface area contributed by atoms with Gasteiger partial charge in [-0.2, -0.15) is 12.6 Å². The molecule has 0 amide bonds. The third-order valence-corrected chi connectivity index (χ3v) is 5.63. The average molecular weight is 269 g/mol. The summed E-state index contributed by atoms with van der Waals surface area (Å²) in [6, 6.07) is 10.5. The Balaban J connectivity index is 2.13. The zero-order chi connectivity index (χ0) is 12.5. The highest BCUT2D eigenvalue weighted by molar-refractivity contribution is 8.01. The lowest BCUT2D eigenvalue weighted by Gasteiger charge is -2.19. The molecule has 1 fully saturated rings. The van der Waals surface area contributed by atoms with Crippen LogP contribution in [0.4, 0.5) is 0 Å². The highest BCUT2D eigenvalue weighted by Crippen LogP contribution is 2.55. The van der Waals surface area contributed by atoms with Gasteiger partial charge in [0, 0.05) is 16.5 Å². The second-order valence-electron chi connectivity index (χ2n) is 4.94. The van der Waals surface area contributed by atoms with Crippen LogP contribution in [-0.4, -0.2) is 28.3 Å². The van der Waals surface area contributed by atoms with Crippen molar-refractivity contribution < 1.29 is 5.11 Å². The smallest absolute Gasteiger partial charge is 0.109 e. The SMILES string of the molecule is CC1(C)NC1(SCC(S)CO)c1ccccc1. The summed E-state index contributed by atoms with van der Waals surface area (Å²) >= 11 is 6.18. The van der Waals surface area contributed by atoms with E-state index in [1.165, 1.54) is 5.56 Å². The second-order valence-corrected chi connectivity index (χ2v) is 6.91. The minimum absolute atomic E-state index is 0.0234. The topological polar surface area (TPSA) is 42.2 Å². The Morgan fingerprint density at radius 2 is 1.94 bits per heavy atom. The summed E-state index contributed by atoms with van der Waals surface area (Å²) < 4.78 is 0. The van der Waals surface area contributed by atoms with Crippen LogP contribution in [0.2, 0.25) is 0 Å². The van der Waals surface area contributed by atoms with Crippen LogP contribution in [0.5, 0.6) is 0 Å². The summed E-state index contributed by atoms with van der Waals surface area (Å²) in [5, 5.41) is 12.6. The zero-order valence-corrected chi connectivity index (χ0v) is 11.9. The molecule has 1 aliphatic rings. The van der Waals surface area contributed by atoms with E-state index in [2.05, 4.69) is 56.1 Å². The number of aliphatic hydroxyl groups excluding tert-OH is 1. The third-order valence-electron chi connectivity index (χ3n) is 3.19. The Morgan fingerprint density at radius 1 is 1.35 bits per heavy atom. The molecule has 1 aromatic rings. The summed E-state index contributed by atoms with van der Waals surface area (Å²) in [7, 11) is 0. The number of hydrogen-bond acceptors (Lipinski definition) is 4. The van der Waals surface area contributed by atoms with Gasteiger partial charge in [0.25, 0.3) is 0 Å². The van der Waals surface area contributed by atoms with Crippen LogP contribution in [-0.2, 0) is 4.87 Å². The predicted octanol–water partition coefficient (Wildman–Crippen LogP) is 2.25. The van der Waals surface area contributed by atoms with E-state index in [1.807, 2.05) is 17.8 Å². The fourth-order valence-corrected chi connectivity index (χ4v) is 3.85. The first-order valence-electron chi connectivity index (χ1n) is 5.79. The third kappa shape index (κ3) is 2.50. The van der Waals surface area contributed by atoms with Crippen molar-refractivity contribution in [1.29, 1.82) is 0 Å². The number of benzene rings is 1. The van der Waals surface area contributed by atoms with E-state index >= 15 is 0 Å². The highest BCUT2D eigenvalue weighted by atomic mass is 32.2. The Hall–Kier alpha value is -0.160. The molecule has 0 spiro atoms. The van der Waals surface area contributed by atoms with Gasteiger partial charge in [0.2, 0.25) is 0 Å². The van der Waals surface area contributed by atoms with Crippen molar-refractivity contribution >= 4 is 24.4 Å². The number of thioether (sulfide) groups is 1. The van der Waals surface area contributed by atoms with Crippen molar-refractivity contribution in [3.8, 4) is 0 Å². The molecule has 2 atom stereocenters. The molecule has 1 aromatic carbocycles. The number of aliphatic hydroxyl groups is 1. The van der Waals surface area contributed by atoms with E-state index in [0.717, 1.165) is 5.75 Å². The fourth-order valence-electron chi connectivity index (χ4n) is 2.09. The lowest BCUT2D eigenvalue weighted by molar-refractivity contribution is 0.301. The Bertz CT molecular complexity index is 382. The molecular formula is C13H19NOS2. The van der Waals surface area contributed by atoms with E-state index in [-0.39, 0.29) is 22.3 Å². The van der Waals surface area contributed by atoms with Gasteiger partial charge < -0.3 is 5.11 Å². The molecule has 2 N–H and O–H groups in total. The van der Waals surface area contributed by atoms with Gasteiger partial charge in [-0.05, 0) is 19.4 Å². The monoisotopic (exact) mass is 269 g/mol. The fraction of sp³-hybridized carbons (Fsp3) is 0.538. The lowest BCUT2D eigenvalue weighted by Crippen LogP contribution is -2.19. The molecule has 2 unspecified atom stereocenters. The van der Waals surface area contributed by atoms with Crippen LogP contribution in [0.3, 0.4) is 0 Å². The highest BCUT2D eigenvalue weighted by Gasteiger charge is 2.62. The Morgan fingerprint density at radius 3 is 2.41 bits per heavy atom. The molecule has 94 valence electrons. The van der Waals surface area contributed by atoms with Gasteiger partial charge in [-0.3, -0.25) is 5.32 Å². The largest absolute Gasteiger partial charge is 0.395 e. The van der Waals surface area contributed by atoms with Crippen LogP contribution >= 0.6 is 24.4 Å². The zero-order valence-electron chi connectivity index (χ0n) is 10.2. The second kappa shape index (κ2) is 4.84. The molecule has 0 aromatic heterocycles. The van der Waals surface area contributed by atoms with Crippen LogP contribution in [0.15, 0.2) is 30.3 Å². The molecule has 17 heavy (non-hydrogen) atoms. The standard InChI is InChI=1S/C13H19NOS2/c1-12(2)13(14-12,17-9-11(16)8-15)10-6-4-3-5-7-10/h3-7,11,14-16H,8-9H2,1-2H3. The number of nitrogens with one attached hydrogen (secondary N) is 1. The van der Waals surface area contributed by atoms with Crippen molar-refractivity contribution in [2.45, 2.75) is 29.5 Å². The van der Waals surface area contributed by atoms with Crippen molar-refractivity contribution in [3.63, 3.8) is 0 Å². The number of hydrogen-bond donors (Lipinski definition) is 3. The summed E-state index contributed by atoms with van der Waals surface area (Å²) in [6.45, 7) is 4.54. The van der Waals surface area contributed by atoms with Gasteiger partial charge in [-0.15, -0.1) is 11.8 Å². The maximum absolute atomic E-state index is 9.04. The lowest BCUT2D eigenvalue weighted by atomic mass is 10.0. The van der Waals surface area contributed by atoms with E-state index in [4.69, 9.17) is 5.11 Å². The van der Waals surface area contributed by atoms with Crippen LogP contribution in [0.25, 0.3) is 0 Å². The van der Waals surface area contributed by atoms with Gasteiger partial charge in [0.15, 0.2) is 0 Å². The molecule has 0 bridgehead atoms. The minimum atomic E-state index is -0.0234. The molecule has 1 aliphatic heterocycles. The van der Waals surface area contributed by atoms with Crippen molar-refractivity contribution in [3.05, 3.63) is 35.9 Å². The van der Waals surface area contributed by atoms with Gasteiger partial charge in [0.1, 0.15) is 4.87 Å². The molecule has 0 aliphatic carbocycles. The average Bonchev–Trinajstić information content (AvgIpc) is 2.91. The van der Waals surface area contributed by atoms with Crippen molar-refractivity contribution in [2.24, 2.45) is 0 Å². The first kappa shape index (κ1) is 13.3. The van der Waals surface area contributed by atoms with Crippen molar-refractivity contribution in [2.75, 3.05) is 12.4 Å². The Kier molecular flexibility index (Phi) is 3.78. The van der Waals surface area contributed by atoms with Crippen LogP contribution in [0, 0.1) is 0 Å². The van der Waals surface area contributed by atoms with Gasteiger partial charge >= 0.3 is 0 Å². The van der Waals surface area contributed by atoms with Gasteiger partial charge in [-0.1, -0.05) is 30.3 Å². The number of thiol groups is 1. The van der Waals surface area contributed by atoms with E-state index in [1.54, 1.807) is 0 Å². The van der Waals surface area contributed by atoms with Crippen molar-refractivity contribution in [1.82, 2.24) is 5.32 Å². The summed E-state index contributed by atoms with van der Waals surface area (Å²) in [4.78, 5) is -0.0234. The van der Waals surface area contributed by atoms with E-state index < -0.39 is 0 Å². The molecular weight excluding hydrogens is 250 g/mol. The predicted molar refractivity (Wildman–Crippen MR) is 77.7 cm³/mol. The first-order valence-corrected chi connectivity index (χ1v) is 7.30. The molecule has 2 nitrogen and oxygen atoms in total. The first-order chi connectivity index (χ1) is 8.02. The Labute approximate surface area is 113 Å². The maximum atomic E-state index is 9.04. The number of rotatable bonds is 5. The molecule has 0 radical (unpaired) electrons.